The van der Waals surface area contributed by atoms with Crippen LogP contribution in [0.4, 0.5) is 0 Å². The van der Waals surface area contributed by atoms with Crippen molar-refractivity contribution < 1.29 is 19.1 Å². The summed E-state index contributed by atoms with van der Waals surface area (Å²) >= 11 is 6.43. The Hall–Kier alpha value is -3.43. The Kier molecular flexibility index (Phi) is 7.67. The second kappa shape index (κ2) is 10.9. The van der Waals surface area contributed by atoms with Gasteiger partial charge in [-0.15, -0.1) is 0 Å². The summed E-state index contributed by atoms with van der Waals surface area (Å²) in [5, 5.41) is 0.404. The quantitative estimate of drug-likeness (QED) is 0.472. The fourth-order valence-corrected chi connectivity index (χ4v) is 5.04. The molecular weight excluding hydrogens is 464 g/mol. The first kappa shape index (κ1) is 24.7. The minimum Gasteiger partial charge on any atom is -0.493 e. The lowest BCUT2D eigenvalue weighted by atomic mass is 9.78. The van der Waals surface area contributed by atoms with Gasteiger partial charge in [-0.3, -0.25) is 9.59 Å². The number of carbonyl (C=O) groups excluding carboxylic acids is 2. The Morgan fingerprint density at radius 2 is 1.66 bits per heavy atom. The molecule has 2 aliphatic heterocycles. The van der Waals surface area contributed by atoms with Crippen molar-refractivity contribution >= 4 is 29.5 Å². The molecular formula is C28H29ClN2O4. The van der Waals surface area contributed by atoms with E-state index in [1.54, 1.807) is 31.4 Å². The number of hydrogen-bond acceptors (Lipinski definition) is 4. The lowest BCUT2D eigenvalue weighted by Gasteiger charge is -2.38. The van der Waals surface area contributed by atoms with E-state index in [1.165, 1.54) is 7.11 Å². The van der Waals surface area contributed by atoms with Crippen molar-refractivity contribution in [3.63, 3.8) is 0 Å². The number of hydrogen-bond donors (Lipinski definition) is 0. The van der Waals surface area contributed by atoms with Crippen LogP contribution in [0.3, 0.4) is 0 Å². The van der Waals surface area contributed by atoms with Gasteiger partial charge in [0.05, 0.1) is 19.2 Å². The normalized spacial score (nSPS) is 16.8. The topological polar surface area (TPSA) is 59.1 Å². The molecule has 0 bridgehead atoms. The molecule has 0 saturated carbocycles. The zero-order valence-corrected chi connectivity index (χ0v) is 20.8. The highest BCUT2D eigenvalue weighted by Gasteiger charge is 2.42. The van der Waals surface area contributed by atoms with Gasteiger partial charge in [0.25, 0.3) is 5.91 Å². The van der Waals surface area contributed by atoms with Crippen molar-refractivity contribution in [1.29, 1.82) is 0 Å². The standard InChI is InChI=1S/C28H29ClN2O4/c1-34-23-11-9-22(26(29)27(23)35-2)10-13-25(33)31-19-16-28(20-31)14-17-30(18-15-28)24(32)12-8-21-6-4-3-5-7-21/h3-7,9-11,13H,14-20H2,1-2H3. The Bertz CT molecular complexity index is 1170. The van der Waals surface area contributed by atoms with Crippen LogP contribution in [0.5, 0.6) is 11.5 Å². The maximum Gasteiger partial charge on any atom is 0.298 e. The first-order valence-electron chi connectivity index (χ1n) is 11.7. The summed E-state index contributed by atoms with van der Waals surface area (Å²) < 4.78 is 10.6. The highest BCUT2D eigenvalue weighted by molar-refractivity contribution is 6.33. The molecule has 0 N–H and O–H groups in total. The monoisotopic (exact) mass is 492 g/mol. The third kappa shape index (κ3) is 5.63. The van der Waals surface area contributed by atoms with E-state index in [4.69, 9.17) is 21.1 Å². The second-order valence-corrected chi connectivity index (χ2v) is 9.33. The number of halogens is 1. The molecule has 4 rings (SSSR count). The van der Waals surface area contributed by atoms with Crippen molar-refractivity contribution in [3.05, 3.63) is 64.7 Å². The zero-order valence-electron chi connectivity index (χ0n) is 20.1. The molecule has 0 atom stereocenters. The molecule has 2 saturated heterocycles. The van der Waals surface area contributed by atoms with Gasteiger partial charge in [-0.2, -0.15) is 0 Å². The van der Waals surface area contributed by atoms with Crippen molar-refractivity contribution in [1.82, 2.24) is 9.80 Å². The number of amides is 2. The van der Waals surface area contributed by atoms with Crippen molar-refractivity contribution in [2.75, 3.05) is 40.4 Å². The fourth-order valence-electron chi connectivity index (χ4n) is 4.74. The van der Waals surface area contributed by atoms with Crippen LogP contribution in [0, 0.1) is 17.3 Å². The molecule has 182 valence electrons. The molecule has 2 aromatic rings. The fraction of sp³-hybridized carbons (Fsp3) is 0.357. The molecule has 2 fully saturated rings. The Morgan fingerprint density at radius 1 is 0.971 bits per heavy atom. The average Bonchev–Trinajstić information content (AvgIpc) is 3.30. The lowest BCUT2D eigenvalue weighted by Crippen LogP contribution is -2.44. The summed E-state index contributed by atoms with van der Waals surface area (Å²) in [5.41, 5.74) is 1.59. The zero-order chi connectivity index (χ0) is 24.8. The Labute approximate surface area is 211 Å². The van der Waals surface area contributed by atoms with Gasteiger partial charge in [0.2, 0.25) is 5.91 Å². The first-order chi connectivity index (χ1) is 16.9. The lowest BCUT2D eigenvalue weighted by molar-refractivity contribution is -0.128. The van der Waals surface area contributed by atoms with E-state index in [-0.39, 0.29) is 17.2 Å². The summed E-state index contributed by atoms with van der Waals surface area (Å²) in [4.78, 5) is 29.1. The largest absolute Gasteiger partial charge is 0.493 e. The SMILES string of the molecule is COc1ccc(C=CC(=O)N2CCC3(CCN(C(=O)C#Cc4ccccc4)CC3)C2)c(Cl)c1OC. The summed E-state index contributed by atoms with van der Waals surface area (Å²) in [6.07, 6.45) is 5.97. The Balaban J connectivity index is 1.33. The minimum atomic E-state index is -0.135. The van der Waals surface area contributed by atoms with Gasteiger partial charge in [-0.1, -0.05) is 35.7 Å². The molecule has 2 heterocycles. The molecule has 2 aromatic carbocycles. The smallest absolute Gasteiger partial charge is 0.298 e. The Morgan fingerprint density at radius 3 is 2.31 bits per heavy atom. The number of carbonyl (C=O) groups is 2. The van der Waals surface area contributed by atoms with E-state index >= 15 is 0 Å². The third-order valence-corrected chi connectivity index (χ3v) is 7.26. The number of likely N-dealkylation sites (tertiary alicyclic amines) is 2. The predicted octanol–water partition coefficient (Wildman–Crippen LogP) is 4.26. The second-order valence-electron chi connectivity index (χ2n) is 8.96. The van der Waals surface area contributed by atoms with Crippen LogP contribution in [0.2, 0.25) is 5.02 Å². The minimum absolute atomic E-state index is 0.0417. The van der Waals surface area contributed by atoms with E-state index in [0.29, 0.717) is 48.3 Å². The molecule has 2 aliphatic rings. The van der Waals surface area contributed by atoms with Crippen LogP contribution in [0.15, 0.2) is 48.5 Å². The van der Waals surface area contributed by atoms with Crippen molar-refractivity contribution in [2.45, 2.75) is 19.3 Å². The van der Waals surface area contributed by atoms with Crippen molar-refractivity contribution in [2.24, 2.45) is 5.41 Å². The van der Waals surface area contributed by atoms with Crippen LogP contribution in [-0.4, -0.2) is 62.0 Å². The summed E-state index contributed by atoms with van der Waals surface area (Å²) in [6, 6.07) is 13.1. The molecule has 0 unspecified atom stereocenters. The molecule has 2 amide bonds. The maximum atomic E-state index is 12.9. The predicted molar refractivity (Wildman–Crippen MR) is 136 cm³/mol. The number of benzene rings is 2. The number of ether oxygens (including phenoxy) is 2. The van der Waals surface area contributed by atoms with Crippen LogP contribution in [-0.2, 0) is 9.59 Å². The molecule has 35 heavy (non-hydrogen) atoms. The van der Waals surface area contributed by atoms with E-state index in [2.05, 4.69) is 11.8 Å². The molecule has 6 nitrogen and oxygen atoms in total. The van der Waals surface area contributed by atoms with Gasteiger partial charge in [-0.25, -0.2) is 0 Å². The molecule has 0 aliphatic carbocycles. The third-order valence-electron chi connectivity index (χ3n) is 6.87. The first-order valence-corrected chi connectivity index (χ1v) is 12.1. The van der Waals surface area contributed by atoms with E-state index in [0.717, 1.165) is 24.8 Å². The van der Waals surface area contributed by atoms with Gasteiger partial charge in [-0.05, 0) is 60.6 Å². The van der Waals surface area contributed by atoms with E-state index in [9.17, 15) is 9.59 Å². The summed E-state index contributed by atoms with van der Waals surface area (Å²) in [7, 11) is 3.08. The van der Waals surface area contributed by atoms with E-state index in [1.807, 2.05) is 40.1 Å². The van der Waals surface area contributed by atoms with Gasteiger partial charge >= 0.3 is 0 Å². The number of piperidine rings is 1. The van der Waals surface area contributed by atoms with Gasteiger partial charge in [0.15, 0.2) is 11.5 Å². The maximum absolute atomic E-state index is 12.9. The van der Waals surface area contributed by atoms with Crippen LogP contribution >= 0.6 is 11.6 Å². The highest BCUT2D eigenvalue weighted by atomic mass is 35.5. The number of rotatable bonds is 4. The van der Waals surface area contributed by atoms with Crippen molar-refractivity contribution in [3.8, 4) is 23.3 Å². The average molecular weight is 493 g/mol. The highest BCUT2D eigenvalue weighted by Crippen LogP contribution is 2.41. The molecule has 0 radical (unpaired) electrons. The summed E-state index contributed by atoms with van der Waals surface area (Å²) in [6.45, 7) is 2.75. The number of nitrogens with zero attached hydrogens (tertiary/aromatic N) is 2. The summed E-state index contributed by atoms with van der Waals surface area (Å²) in [5.74, 6) is 6.51. The van der Waals surface area contributed by atoms with Gasteiger partial charge in [0.1, 0.15) is 0 Å². The van der Waals surface area contributed by atoms with Gasteiger partial charge < -0.3 is 19.3 Å². The van der Waals surface area contributed by atoms with Crippen LogP contribution < -0.4 is 9.47 Å². The van der Waals surface area contributed by atoms with Crippen LogP contribution in [0.25, 0.3) is 6.08 Å². The van der Waals surface area contributed by atoms with E-state index < -0.39 is 0 Å². The number of methoxy groups -OCH3 is 2. The van der Waals surface area contributed by atoms with Gasteiger partial charge in [0, 0.05) is 43.7 Å². The molecule has 1 spiro atoms. The molecule has 7 heteroatoms. The molecule has 0 aromatic heterocycles. The van der Waals surface area contributed by atoms with Crippen LogP contribution in [0.1, 0.15) is 30.4 Å².